The molecule has 0 amide bonds. The minimum Gasteiger partial charge on any atom is -0.353 e. The van der Waals surface area contributed by atoms with Crippen LogP contribution in [-0.2, 0) is 0 Å². The van der Waals surface area contributed by atoms with E-state index in [4.69, 9.17) is 0 Å². The maximum atomic E-state index is 12.8. The second kappa shape index (κ2) is 5.46. The molecular weight excluding hydrogens is 320 g/mol. The summed E-state index contributed by atoms with van der Waals surface area (Å²) >= 11 is 0. The molecule has 1 aromatic carbocycles. The standard InChI is InChI=1S/C18H12N4O3/c19-10-11-9-16-17(14-3-1-2-4-15(14)20-16)21(18(11)23)12-5-7-13(8-6-12)22(24)25/h1-7,9,13,20H,8H2. The molecule has 0 saturated heterocycles. The van der Waals surface area contributed by atoms with Gasteiger partial charge in [-0.05, 0) is 24.3 Å². The number of nitrogens with one attached hydrogen (secondary N) is 1. The van der Waals surface area contributed by atoms with E-state index >= 15 is 0 Å². The van der Waals surface area contributed by atoms with E-state index in [1.54, 1.807) is 18.2 Å². The van der Waals surface area contributed by atoms with E-state index in [1.165, 1.54) is 10.6 Å². The van der Waals surface area contributed by atoms with Crippen molar-refractivity contribution in [1.82, 2.24) is 9.55 Å². The predicted molar refractivity (Wildman–Crippen MR) is 93.6 cm³/mol. The van der Waals surface area contributed by atoms with Crippen molar-refractivity contribution in [3.63, 3.8) is 0 Å². The molecule has 2 aromatic heterocycles. The number of fused-ring (bicyclic) bond motifs is 3. The lowest BCUT2D eigenvalue weighted by molar-refractivity contribution is -0.508. The fraction of sp³-hybridized carbons (Fsp3) is 0.111. The van der Waals surface area contributed by atoms with Gasteiger partial charge in [-0.25, -0.2) is 0 Å². The second-order valence-corrected chi connectivity index (χ2v) is 5.82. The molecule has 4 rings (SSSR count). The van der Waals surface area contributed by atoms with Gasteiger partial charge in [0, 0.05) is 27.9 Å². The Bertz CT molecular complexity index is 1190. The van der Waals surface area contributed by atoms with Gasteiger partial charge < -0.3 is 4.98 Å². The monoisotopic (exact) mass is 332 g/mol. The molecule has 7 heteroatoms. The van der Waals surface area contributed by atoms with Crippen molar-refractivity contribution in [2.24, 2.45) is 0 Å². The molecular formula is C18H12N4O3. The smallest absolute Gasteiger partial charge is 0.273 e. The van der Waals surface area contributed by atoms with Gasteiger partial charge >= 0.3 is 0 Å². The number of para-hydroxylation sites is 1. The average Bonchev–Trinajstić information content (AvgIpc) is 2.99. The molecule has 2 heterocycles. The van der Waals surface area contributed by atoms with Crippen molar-refractivity contribution in [2.75, 3.05) is 0 Å². The molecule has 7 nitrogen and oxygen atoms in total. The number of aromatic amines is 1. The van der Waals surface area contributed by atoms with Crippen molar-refractivity contribution in [3.8, 4) is 6.07 Å². The number of aromatic nitrogens is 2. The van der Waals surface area contributed by atoms with Crippen LogP contribution in [0.2, 0.25) is 0 Å². The molecule has 25 heavy (non-hydrogen) atoms. The summed E-state index contributed by atoms with van der Waals surface area (Å²) in [6, 6.07) is 10.2. The van der Waals surface area contributed by atoms with Crippen LogP contribution in [0, 0.1) is 21.4 Å². The van der Waals surface area contributed by atoms with E-state index in [0.29, 0.717) is 16.7 Å². The van der Waals surface area contributed by atoms with Crippen molar-refractivity contribution in [1.29, 1.82) is 5.26 Å². The maximum Gasteiger partial charge on any atom is 0.273 e. The number of rotatable bonds is 2. The molecule has 0 bridgehead atoms. The number of pyridine rings is 1. The highest BCUT2D eigenvalue weighted by molar-refractivity contribution is 6.06. The number of H-pyrrole nitrogens is 1. The minimum atomic E-state index is -0.794. The zero-order valence-electron chi connectivity index (χ0n) is 13.0. The van der Waals surface area contributed by atoms with Crippen LogP contribution in [0.5, 0.6) is 0 Å². The van der Waals surface area contributed by atoms with E-state index < -0.39 is 11.6 Å². The van der Waals surface area contributed by atoms with Crippen LogP contribution in [-0.4, -0.2) is 20.5 Å². The first-order valence-electron chi connectivity index (χ1n) is 7.69. The molecule has 1 N–H and O–H groups in total. The SMILES string of the molecule is N#Cc1cc2[nH]c3ccccc3c2n(C2=CCC([N+](=O)[O-])C=C2)c1=O. The molecule has 3 aromatic rings. The van der Waals surface area contributed by atoms with Gasteiger partial charge in [-0.2, -0.15) is 5.26 Å². The van der Waals surface area contributed by atoms with Crippen molar-refractivity contribution < 1.29 is 4.92 Å². The molecule has 0 radical (unpaired) electrons. The van der Waals surface area contributed by atoms with Crippen LogP contribution in [0.25, 0.3) is 27.6 Å². The van der Waals surface area contributed by atoms with E-state index in [9.17, 15) is 20.2 Å². The topological polar surface area (TPSA) is 105 Å². The molecule has 122 valence electrons. The number of hydrogen-bond donors (Lipinski definition) is 1. The maximum absolute atomic E-state index is 12.8. The molecule has 0 fully saturated rings. The number of hydrogen-bond acceptors (Lipinski definition) is 4. The summed E-state index contributed by atoms with van der Waals surface area (Å²) in [5.41, 5.74) is 2.30. The third kappa shape index (κ3) is 2.23. The van der Waals surface area contributed by atoms with Crippen molar-refractivity contribution in [3.05, 3.63) is 74.6 Å². The summed E-state index contributed by atoms with van der Waals surface area (Å²) in [5, 5.41) is 21.1. The summed E-state index contributed by atoms with van der Waals surface area (Å²) in [6.07, 6.45) is 4.91. The largest absolute Gasteiger partial charge is 0.353 e. The summed E-state index contributed by atoms with van der Waals surface area (Å²) in [5.74, 6) is 0. The Morgan fingerprint density at radius 2 is 2.12 bits per heavy atom. The highest BCUT2D eigenvalue weighted by Crippen LogP contribution is 2.28. The van der Waals surface area contributed by atoms with Crippen molar-refractivity contribution >= 4 is 27.6 Å². The summed E-state index contributed by atoms with van der Waals surface area (Å²) in [6.45, 7) is 0. The number of benzene rings is 1. The average molecular weight is 332 g/mol. The molecule has 0 spiro atoms. The Kier molecular flexibility index (Phi) is 3.25. The Morgan fingerprint density at radius 1 is 1.32 bits per heavy atom. The van der Waals surface area contributed by atoms with Crippen LogP contribution >= 0.6 is 0 Å². The fourth-order valence-corrected chi connectivity index (χ4v) is 3.17. The third-order valence-electron chi connectivity index (χ3n) is 4.36. The van der Waals surface area contributed by atoms with Crippen molar-refractivity contribution in [2.45, 2.75) is 12.5 Å². The normalized spacial score (nSPS) is 16.8. The molecule has 0 saturated carbocycles. The Hall–Kier alpha value is -3.66. The molecule has 1 atom stereocenters. The lowest BCUT2D eigenvalue weighted by Gasteiger charge is -2.14. The Labute approximate surface area is 141 Å². The van der Waals surface area contributed by atoms with Crippen LogP contribution in [0.4, 0.5) is 0 Å². The van der Waals surface area contributed by atoms with Gasteiger partial charge in [-0.3, -0.25) is 19.5 Å². The highest BCUT2D eigenvalue weighted by atomic mass is 16.6. The Balaban J connectivity index is 2.04. The van der Waals surface area contributed by atoms with E-state index in [-0.39, 0.29) is 16.9 Å². The lowest BCUT2D eigenvalue weighted by Crippen LogP contribution is -2.24. The first kappa shape index (κ1) is 14.9. The van der Waals surface area contributed by atoms with Gasteiger partial charge in [0.25, 0.3) is 5.56 Å². The van der Waals surface area contributed by atoms with Gasteiger partial charge in [0.1, 0.15) is 11.6 Å². The fourth-order valence-electron chi connectivity index (χ4n) is 3.17. The predicted octanol–water partition coefficient (Wildman–Crippen LogP) is 2.80. The van der Waals surface area contributed by atoms with Crippen LogP contribution in [0.3, 0.4) is 0 Å². The first-order valence-corrected chi connectivity index (χ1v) is 7.69. The van der Waals surface area contributed by atoms with Gasteiger partial charge in [0.2, 0.25) is 6.04 Å². The summed E-state index contributed by atoms with van der Waals surface area (Å²) in [4.78, 5) is 26.6. The van der Waals surface area contributed by atoms with Gasteiger partial charge in [0.05, 0.1) is 11.0 Å². The van der Waals surface area contributed by atoms with E-state index in [1.807, 2.05) is 30.3 Å². The molecule has 0 aliphatic heterocycles. The van der Waals surface area contributed by atoms with Gasteiger partial charge in [0.15, 0.2) is 0 Å². The first-order chi connectivity index (χ1) is 12.1. The highest BCUT2D eigenvalue weighted by Gasteiger charge is 2.21. The third-order valence-corrected chi connectivity index (χ3v) is 4.36. The van der Waals surface area contributed by atoms with Gasteiger partial charge in [-0.1, -0.05) is 24.3 Å². The Morgan fingerprint density at radius 3 is 2.80 bits per heavy atom. The van der Waals surface area contributed by atoms with Crippen LogP contribution in [0.1, 0.15) is 12.0 Å². The molecule has 1 aliphatic rings. The number of allylic oxidation sites excluding steroid dienone is 2. The number of nitrogens with zero attached hydrogens (tertiary/aromatic N) is 3. The summed E-state index contributed by atoms with van der Waals surface area (Å²) < 4.78 is 1.46. The summed E-state index contributed by atoms with van der Waals surface area (Å²) in [7, 11) is 0. The van der Waals surface area contributed by atoms with E-state index in [2.05, 4.69) is 4.98 Å². The molecule has 1 aliphatic carbocycles. The second-order valence-electron chi connectivity index (χ2n) is 5.82. The zero-order valence-corrected chi connectivity index (χ0v) is 13.0. The number of nitriles is 1. The van der Waals surface area contributed by atoms with Crippen LogP contribution < -0.4 is 5.56 Å². The van der Waals surface area contributed by atoms with Crippen LogP contribution in [0.15, 0.2) is 53.4 Å². The quantitative estimate of drug-likeness (QED) is 0.575. The molecule has 1 unspecified atom stereocenters. The number of nitro groups is 1. The van der Waals surface area contributed by atoms with Gasteiger partial charge in [-0.15, -0.1) is 0 Å². The van der Waals surface area contributed by atoms with E-state index in [0.717, 1.165) is 10.9 Å². The zero-order chi connectivity index (χ0) is 17.6. The minimum absolute atomic E-state index is 0.0183. The lowest BCUT2D eigenvalue weighted by atomic mass is 10.1.